The van der Waals surface area contributed by atoms with E-state index in [-0.39, 0.29) is 12.0 Å². The van der Waals surface area contributed by atoms with Crippen LogP contribution in [0.15, 0.2) is 36.5 Å². The van der Waals surface area contributed by atoms with E-state index in [1.807, 2.05) is 30.5 Å². The average Bonchev–Trinajstić information content (AvgIpc) is 3.15. The third kappa shape index (κ3) is 3.95. The van der Waals surface area contributed by atoms with E-state index in [1.165, 1.54) is 5.56 Å². The lowest BCUT2D eigenvalue weighted by molar-refractivity contribution is -0.146. The Morgan fingerprint density at radius 3 is 2.78 bits per heavy atom. The summed E-state index contributed by atoms with van der Waals surface area (Å²) in [6, 6.07) is 9.94. The largest absolute Gasteiger partial charge is 0.379 e. The number of carbonyl (C=O) groups excluding carboxylic acids is 2. The van der Waals surface area contributed by atoms with Gasteiger partial charge in [-0.15, -0.1) is 0 Å². The van der Waals surface area contributed by atoms with Crippen molar-refractivity contribution < 1.29 is 14.3 Å². The highest BCUT2D eigenvalue weighted by molar-refractivity contribution is 6.35. The van der Waals surface area contributed by atoms with Crippen molar-refractivity contribution in [3.05, 3.63) is 42.1 Å². The average molecular weight is 367 g/mol. The predicted molar refractivity (Wildman–Crippen MR) is 102 cm³/mol. The van der Waals surface area contributed by atoms with Gasteiger partial charge in [0.05, 0.1) is 24.8 Å². The van der Waals surface area contributed by atoms with Crippen molar-refractivity contribution in [3.63, 3.8) is 0 Å². The number of nitrogens with one attached hydrogen (secondary N) is 1. The highest BCUT2D eigenvalue weighted by atomic mass is 16.5. The monoisotopic (exact) mass is 367 g/mol. The third-order valence-corrected chi connectivity index (χ3v) is 5.57. The summed E-state index contributed by atoms with van der Waals surface area (Å²) in [7, 11) is 0. The molecule has 27 heavy (non-hydrogen) atoms. The maximum Gasteiger partial charge on any atom is 0.311 e. The van der Waals surface area contributed by atoms with Crippen LogP contribution in [0.5, 0.6) is 0 Å². The second kappa shape index (κ2) is 8.05. The first-order chi connectivity index (χ1) is 13.2. The molecule has 142 valence electrons. The fourth-order valence-corrected chi connectivity index (χ4v) is 4.05. The lowest BCUT2D eigenvalue weighted by atomic mass is 9.93. The topological polar surface area (TPSA) is 71.5 Å². The molecular formula is C21H25N3O3. The van der Waals surface area contributed by atoms with Crippen LogP contribution in [0, 0.1) is 5.92 Å². The van der Waals surface area contributed by atoms with E-state index >= 15 is 0 Å². The van der Waals surface area contributed by atoms with Crippen molar-refractivity contribution in [1.82, 2.24) is 15.2 Å². The second-order valence-electron chi connectivity index (χ2n) is 7.42. The van der Waals surface area contributed by atoms with E-state index in [2.05, 4.69) is 16.4 Å². The minimum Gasteiger partial charge on any atom is -0.379 e. The maximum absolute atomic E-state index is 12.4. The van der Waals surface area contributed by atoms with Crippen molar-refractivity contribution in [2.24, 2.45) is 5.92 Å². The molecule has 6 heteroatoms. The van der Waals surface area contributed by atoms with Gasteiger partial charge in [-0.3, -0.25) is 14.6 Å². The van der Waals surface area contributed by atoms with E-state index < -0.39 is 11.8 Å². The van der Waals surface area contributed by atoms with Crippen LogP contribution in [0.3, 0.4) is 0 Å². The number of benzene rings is 1. The Bertz CT molecular complexity index is 827. The number of aromatic nitrogens is 1. The predicted octanol–water partition coefficient (Wildman–Crippen LogP) is 1.92. The zero-order valence-corrected chi connectivity index (χ0v) is 15.4. The summed E-state index contributed by atoms with van der Waals surface area (Å²) in [4.78, 5) is 30.9. The molecule has 2 aliphatic rings. The van der Waals surface area contributed by atoms with Crippen molar-refractivity contribution in [3.8, 4) is 0 Å². The molecule has 0 unspecified atom stereocenters. The van der Waals surface area contributed by atoms with Gasteiger partial charge in [0.25, 0.3) is 0 Å². The first kappa shape index (κ1) is 17.9. The number of likely N-dealkylation sites (tertiary alicyclic amines) is 1. The Labute approximate surface area is 158 Å². The molecule has 4 rings (SSSR count). The molecule has 2 saturated heterocycles. The number of pyridine rings is 1. The van der Waals surface area contributed by atoms with Gasteiger partial charge in [0, 0.05) is 30.6 Å². The van der Waals surface area contributed by atoms with Gasteiger partial charge >= 0.3 is 11.8 Å². The number of fused-ring (bicyclic) bond motifs is 1. The molecule has 3 heterocycles. The molecule has 1 N–H and O–H groups in total. The van der Waals surface area contributed by atoms with Crippen LogP contribution in [-0.4, -0.2) is 54.0 Å². The minimum absolute atomic E-state index is 0.141. The number of rotatable bonds is 3. The number of ether oxygens (including phenoxy) is 1. The van der Waals surface area contributed by atoms with Gasteiger partial charge in [0.2, 0.25) is 0 Å². The summed E-state index contributed by atoms with van der Waals surface area (Å²) in [5.74, 6) is -0.763. The Hall–Kier alpha value is -2.47. The molecule has 2 aromatic rings. The van der Waals surface area contributed by atoms with E-state index in [4.69, 9.17) is 4.74 Å². The number of hydrogen-bond donors (Lipinski definition) is 1. The Kier molecular flexibility index (Phi) is 5.34. The number of carbonyl (C=O) groups is 2. The summed E-state index contributed by atoms with van der Waals surface area (Å²) in [6.45, 7) is 2.39. The Balaban J connectivity index is 1.43. The number of nitrogens with zero attached hydrogens (tertiary/aromatic N) is 2. The molecule has 0 radical (unpaired) electrons. The van der Waals surface area contributed by atoms with Crippen LogP contribution in [0.4, 0.5) is 0 Å². The van der Waals surface area contributed by atoms with Crippen LogP contribution in [0.1, 0.15) is 24.8 Å². The quantitative estimate of drug-likeness (QED) is 0.842. The van der Waals surface area contributed by atoms with Gasteiger partial charge in [-0.2, -0.15) is 0 Å². The SMILES string of the molecule is O=C(N[C@H]1COC[C@H]1Cc1ccnc2ccccc12)C(=O)N1CCCCC1. The zero-order valence-electron chi connectivity index (χ0n) is 15.4. The van der Waals surface area contributed by atoms with Crippen LogP contribution in [-0.2, 0) is 20.7 Å². The Morgan fingerprint density at radius 1 is 1.11 bits per heavy atom. The molecule has 2 atom stereocenters. The molecule has 6 nitrogen and oxygen atoms in total. The molecule has 2 amide bonds. The number of amides is 2. The van der Waals surface area contributed by atoms with Crippen molar-refractivity contribution in [2.45, 2.75) is 31.7 Å². The zero-order chi connectivity index (χ0) is 18.6. The highest BCUT2D eigenvalue weighted by Crippen LogP contribution is 2.24. The first-order valence-electron chi connectivity index (χ1n) is 9.72. The number of piperidine rings is 1. The van der Waals surface area contributed by atoms with E-state index in [9.17, 15) is 9.59 Å². The summed E-state index contributed by atoms with van der Waals surface area (Å²) in [6.07, 6.45) is 5.68. The van der Waals surface area contributed by atoms with E-state index in [0.717, 1.165) is 36.6 Å². The molecule has 0 bridgehead atoms. The van der Waals surface area contributed by atoms with E-state index in [1.54, 1.807) is 4.90 Å². The lowest BCUT2D eigenvalue weighted by Crippen LogP contribution is -2.50. The summed E-state index contributed by atoms with van der Waals surface area (Å²) >= 11 is 0. The molecule has 2 fully saturated rings. The molecule has 0 aliphatic carbocycles. The lowest BCUT2D eigenvalue weighted by Gasteiger charge is -2.27. The minimum atomic E-state index is -0.503. The van der Waals surface area contributed by atoms with Crippen LogP contribution >= 0.6 is 0 Å². The van der Waals surface area contributed by atoms with Gasteiger partial charge < -0.3 is 15.0 Å². The van der Waals surface area contributed by atoms with Crippen molar-refractivity contribution in [2.75, 3.05) is 26.3 Å². The van der Waals surface area contributed by atoms with Gasteiger partial charge in [0.1, 0.15) is 0 Å². The van der Waals surface area contributed by atoms with Crippen molar-refractivity contribution in [1.29, 1.82) is 0 Å². The first-order valence-corrected chi connectivity index (χ1v) is 9.72. The second-order valence-corrected chi connectivity index (χ2v) is 7.42. The van der Waals surface area contributed by atoms with Crippen LogP contribution < -0.4 is 5.32 Å². The van der Waals surface area contributed by atoms with E-state index in [0.29, 0.717) is 26.3 Å². The molecule has 0 saturated carbocycles. The molecule has 1 aromatic heterocycles. The third-order valence-electron chi connectivity index (χ3n) is 5.57. The molecular weight excluding hydrogens is 342 g/mol. The Morgan fingerprint density at radius 2 is 1.93 bits per heavy atom. The fraction of sp³-hybridized carbons (Fsp3) is 0.476. The summed E-state index contributed by atoms with van der Waals surface area (Å²) in [5, 5.41) is 4.05. The highest BCUT2D eigenvalue weighted by Gasteiger charge is 2.33. The van der Waals surface area contributed by atoms with Gasteiger partial charge in [-0.25, -0.2) is 0 Å². The summed E-state index contributed by atoms with van der Waals surface area (Å²) < 4.78 is 5.62. The maximum atomic E-state index is 12.4. The van der Waals surface area contributed by atoms with Gasteiger partial charge in [-0.1, -0.05) is 18.2 Å². The van der Waals surface area contributed by atoms with Crippen LogP contribution in [0.2, 0.25) is 0 Å². The molecule has 1 aromatic carbocycles. The summed E-state index contributed by atoms with van der Waals surface area (Å²) in [5.41, 5.74) is 2.16. The number of para-hydroxylation sites is 1. The number of hydrogen-bond acceptors (Lipinski definition) is 4. The fourth-order valence-electron chi connectivity index (χ4n) is 4.05. The van der Waals surface area contributed by atoms with Gasteiger partial charge in [-0.05, 0) is 43.4 Å². The molecule has 2 aliphatic heterocycles. The van der Waals surface area contributed by atoms with Gasteiger partial charge in [0.15, 0.2) is 0 Å². The smallest absolute Gasteiger partial charge is 0.311 e. The van der Waals surface area contributed by atoms with Crippen molar-refractivity contribution >= 4 is 22.7 Å². The standard InChI is InChI=1S/C21H25N3O3/c25-20(21(26)24-10-4-1-5-11-24)23-19-14-27-13-16(19)12-15-8-9-22-18-7-3-2-6-17(15)18/h2-3,6-9,16,19H,1,4-5,10-14H2,(H,23,25)/t16-,19+/m1/s1. The van der Waals surface area contributed by atoms with Crippen LogP contribution in [0.25, 0.3) is 10.9 Å². The molecule has 0 spiro atoms. The normalized spacial score (nSPS) is 22.7.